The van der Waals surface area contributed by atoms with Gasteiger partial charge in [-0.3, -0.25) is 4.99 Å². The van der Waals surface area contributed by atoms with E-state index in [1.807, 2.05) is 19.2 Å². The van der Waals surface area contributed by atoms with Crippen LogP contribution >= 0.6 is 35.6 Å². The van der Waals surface area contributed by atoms with Crippen molar-refractivity contribution in [3.63, 3.8) is 0 Å². The molecule has 7 heteroatoms. The first-order valence-electron chi connectivity index (χ1n) is 9.66. The molecule has 0 amide bonds. The largest absolute Gasteiger partial charge is 0.381 e. The van der Waals surface area contributed by atoms with Gasteiger partial charge in [0.15, 0.2) is 5.96 Å². The number of ether oxygens (including phenoxy) is 2. The van der Waals surface area contributed by atoms with Crippen LogP contribution in [0.2, 0.25) is 5.02 Å². The molecule has 2 bridgehead atoms. The van der Waals surface area contributed by atoms with Crippen molar-refractivity contribution in [2.75, 3.05) is 26.8 Å². The highest BCUT2D eigenvalue weighted by atomic mass is 127. The molecule has 3 aliphatic rings. The third-order valence-corrected chi connectivity index (χ3v) is 6.47. The molecular formula is C20H29ClIN3O2. The normalized spacial score (nSPS) is 29.3. The van der Waals surface area contributed by atoms with E-state index in [-0.39, 0.29) is 29.4 Å². The fourth-order valence-corrected chi connectivity index (χ4v) is 4.94. The van der Waals surface area contributed by atoms with Gasteiger partial charge in [-0.25, -0.2) is 0 Å². The lowest BCUT2D eigenvalue weighted by Crippen LogP contribution is -2.52. The lowest BCUT2D eigenvalue weighted by Gasteiger charge is -2.39. The average Bonchev–Trinajstić information content (AvgIpc) is 3.29. The van der Waals surface area contributed by atoms with Gasteiger partial charge < -0.3 is 20.1 Å². The van der Waals surface area contributed by atoms with Crippen molar-refractivity contribution in [1.29, 1.82) is 0 Å². The first-order valence-corrected chi connectivity index (χ1v) is 10.0. The van der Waals surface area contributed by atoms with Crippen molar-refractivity contribution in [3.05, 3.63) is 34.9 Å². The van der Waals surface area contributed by atoms with Gasteiger partial charge in [0.05, 0.1) is 18.2 Å². The number of guanidine groups is 1. The van der Waals surface area contributed by atoms with Gasteiger partial charge in [0, 0.05) is 37.2 Å². The van der Waals surface area contributed by atoms with E-state index in [0.29, 0.717) is 18.2 Å². The van der Waals surface area contributed by atoms with Gasteiger partial charge in [-0.2, -0.15) is 0 Å². The molecule has 3 atom stereocenters. The molecule has 2 N–H and O–H groups in total. The lowest BCUT2D eigenvalue weighted by atomic mass is 9.74. The Kier molecular flexibility index (Phi) is 7.27. The molecule has 0 aromatic heterocycles. The Hall–Kier alpha value is -0.570. The van der Waals surface area contributed by atoms with Crippen LogP contribution in [-0.4, -0.2) is 51.0 Å². The summed E-state index contributed by atoms with van der Waals surface area (Å²) in [7, 11) is 1.83. The number of rotatable bonds is 4. The van der Waals surface area contributed by atoms with Crippen LogP contribution in [0, 0.1) is 0 Å². The van der Waals surface area contributed by atoms with Gasteiger partial charge in [0.1, 0.15) is 0 Å². The highest BCUT2D eigenvalue weighted by Gasteiger charge is 2.41. The van der Waals surface area contributed by atoms with E-state index in [4.69, 9.17) is 21.1 Å². The number of halogens is 2. The van der Waals surface area contributed by atoms with E-state index in [9.17, 15) is 0 Å². The second-order valence-electron chi connectivity index (χ2n) is 7.66. The SMILES string of the molecule is CN=C(NCC1(c2ccccc2Cl)CCOCC1)NC1CC2CCC1O2.I. The van der Waals surface area contributed by atoms with Crippen LogP contribution in [0.3, 0.4) is 0 Å². The Labute approximate surface area is 183 Å². The van der Waals surface area contributed by atoms with Crippen LogP contribution in [0.15, 0.2) is 29.3 Å². The zero-order valence-electron chi connectivity index (χ0n) is 15.7. The van der Waals surface area contributed by atoms with Gasteiger partial charge in [-0.1, -0.05) is 29.8 Å². The molecule has 0 aliphatic carbocycles. The van der Waals surface area contributed by atoms with Crippen molar-refractivity contribution < 1.29 is 9.47 Å². The van der Waals surface area contributed by atoms with Gasteiger partial charge in [0.25, 0.3) is 0 Å². The van der Waals surface area contributed by atoms with Gasteiger partial charge in [-0.15, -0.1) is 24.0 Å². The van der Waals surface area contributed by atoms with E-state index in [2.05, 4.69) is 27.8 Å². The van der Waals surface area contributed by atoms with Crippen LogP contribution < -0.4 is 10.6 Å². The Balaban J connectivity index is 0.00000210. The summed E-state index contributed by atoms with van der Waals surface area (Å²) in [5.74, 6) is 0.851. The number of hydrogen-bond acceptors (Lipinski definition) is 3. The molecular weight excluding hydrogens is 477 g/mol. The maximum absolute atomic E-state index is 6.55. The minimum atomic E-state index is -0.0284. The third kappa shape index (κ3) is 4.54. The number of nitrogens with zero attached hydrogens (tertiary/aromatic N) is 1. The summed E-state index contributed by atoms with van der Waals surface area (Å²) >= 11 is 6.55. The van der Waals surface area contributed by atoms with Crippen molar-refractivity contribution in [2.24, 2.45) is 4.99 Å². The molecule has 1 aromatic carbocycles. The number of aliphatic imine (C=N–C) groups is 1. The van der Waals surface area contributed by atoms with Crippen LogP contribution in [-0.2, 0) is 14.9 Å². The van der Waals surface area contributed by atoms with Gasteiger partial charge >= 0.3 is 0 Å². The second-order valence-corrected chi connectivity index (χ2v) is 8.07. The molecule has 0 radical (unpaired) electrons. The second kappa shape index (κ2) is 9.29. The third-order valence-electron chi connectivity index (χ3n) is 6.14. The van der Waals surface area contributed by atoms with Crippen LogP contribution in [0.4, 0.5) is 0 Å². The molecule has 5 nitrogen and oxygen atoms in total. The minimum Gasteiger partial charge on any atom is -0.381 e. The first kappa shape index (κ1) is 21.1. The number of benzene rings is 1. The Morgan fingerprint density at radius 1 is 1.26 bits per heavy atom. The van der Waals surface area contributed by atoms with E-state index in [0.717, 1.165) is 56.4 Å². The zero-order chi connectivity index (χ0) is 18.0. The maximum atomic E-state index is 6.55. The highest BCUT2D eigenvalue weighted by Crippen LogP contribution is 2.38. The summed E-state index contributed by atoms with van der Waals surface area (Å²) in [6.45, 7) is 2.32. The molecule has 3 unspecified atom stereocenters. The molecule has 4 rings (SSSR count). The van der Waals surface area contributed by atoms with Crippen molar-refractivity contribution >= 4 is 41.5 Å². The summed E-state index contributed by atoms with van der Waals surface area (Å²) in [5.41, 5.74) is 1.18. The molecule has 0 saturated carbocycles. The summed E-state index contributed by atoms with van der Waals surface area (Å²) in [6, 6.07) is 8.55. The van der Waals surface area contributed by atoms with E-state index < -0.39 is 0 Å². The van der Waals surface area contributed by atoms with Crippen LogP contribution in [0.25, 0.3) is 0 Å². The fourth-order valence-electron chi connectivity index (χ4n) is 4.61. The van der Waals surface area contributed by atoms with Crippen molar-refractivity contribution in [2.45, 2.75) is 55.8 Å². The van der Waals surface area contributed by atoms with Crippen LogP contribution in [0.1, 0.15) is 37.7 Å². The molecule has 3 fully saturated rings. The van der Waals surface area contributed by atoms with Crippen molar-refractivity contribution in [3.8, 4) is 0 Å². The fraction of sp³-hybridized carbons (Fsp3) is 0.650. The van der Waals surface area contributed by atoms with E-state index in [1.54, 1.807) is 0 Å². The predicted octanol–water partition coefficient (Wildman–Crippen LogP) is 3.49. The summed E-state index contributed by atoms with van der Waals surface area (Å²) in [4.78, 5) is 4.44. The lowest BCUT2D eigenvalue weighted by molar-refractivity contribution is 0.0514. The van der Waals surface area contributed by atoms with E-state index in [1.165, 1.54) is 12.0 Å². The minimum absolute atomic E-state index is 0. The molecule has 0 spiro atoms. The molecule has 27 heavy (non-hydrogen) atoms. The van der Waals surface area contributed by atoms with Crippen molar-refractivity contribution in [1.82, 2.24) is 10.6 Å². The predicted molar refractivity (Wildman–Crippen MR) is 119 cm³/mol. The maximum Gasteiger partial charge on any atom is 0.191 e. The first-order chi connectivity index (χ1) is 12.7. The van der Waals surface area contributed by atoms with Crippen LogP contribution in [0.5, 0.6) is 0 Å². The Bertz CT molecular complexity index is 666. The standard InChI is InChI=1S/C20H28ClN3O2.HI/c1-22-19(24-17-12-14-6-7-18(17)26-14)23-13-20(8-10-25-11-9-20)15-4-2-3-5-16(15)21;/h2-5,14,17-18H,6-13H2,1H3,(H2,22,23,24);1H. The molecule has 3 saturated heterocycles. The number of nitrogens with one attached hydrogen (secondary N) is 2. The summed E-state index contributed by atoms with van der Waals surface area (Å²) < 4.78 is 11.6. The summed E-state index contributed by atoms with van der Waals surface area (Å²) in [5, 5.41) is 7.96. The zero-order valence-corrected chi connectivity index (χ0v) is 18.8. The molecule has 150 valence electrons. The monoisotopic (exact) mass is 505 g/mol. The topological polar surface area (TPSA) is 54.9 Å². The Morgan fingerprint density at radius 3 is 2.67 bits per heavy atom. The molecule has 1 aromatic rings. The quantitative estimate of drug-likeness (QED) is 0.374. The number of fused-ring (bicyclic) bond motifs is 2. The smallest absolute Gasteiger partial charge is 0.191 e. The molecule has 3 aliphatic heterocycles. The summed E-state index contributed by atoms with van der Waals surface area (Å²) in [6.07, 6.45) is 6.11. The average molecular weight is 506 g/mol. The molecule has 3 heterocycles. The van der Waals surface area contributed by atoms with Gasteiger partial charge in [-0.05, 0) is 43.7 Å². The van der Waals surface area contributed by atoms with E-state index >= 15 is 0 Å². The Morgan fingerprint density at radius 2 is 2.04 bits per heavy atom. The van der Waals surface area contributed by atoms with Gasteiger partial charge in [0.2, 0.25) is 0 Å². The highest BCUT2D eigenvalue weighted by molar-refractivity contribution is 14.0. The number of hydrogen-bond donors (Lipinski definition) is 2.